The zero-order chi connectivity index (χ0) is 18.5. The Labute approximate surface area is 152 Å². The largest absolute Gasteiger partial charge is 0.445 e. The summed E-state index contributed by atoms with van der Waals surface area (Å²) in [6, 6.07) is 16.3. The van der Waals surface area contributed by atoms with Crippen LogP contribution in [0.1, 0.15) is 22.8 Å². The normalized spacial score (nSPS) is 14.3. The van der Waals surface area contributed by atoms with Gasteiger partial charge in [0.15, 0.2) is 5.78 Å². The number of hydrogen-bond acceptors (Lipinski definition) is 4. The van der Waals surface area contributed by atoms with Gasteiger partial charge in [-0.1, -0.05) is 30.3 Å². The number of rotatable bonds is 4. The number of ether oxygens (including phenoxy) is 1. The number of piperazine rings is 1. The highest BCUT2D eigenvalue weighted by molar-refractivity contribution is 5.98. The molecule has 1 fully saturated rings. The van der Waals surface area contributed by atoms with Crippen LogP contribution in [-0.2, 0) is 16.1 Å². The summed E-state index contributed by atoms with van der Waals surface area (Å²) in [5, 5.41) is 0. The van der Waals surface area contributed by atoms with Crippen LogP contribution in [0.2, 0.25) is 0 Å². The lowest BCUT2D eigenvalue weighted by Gasteiger charge is -2.33. The summed E-state index contributed by atoms with van der Waals surface area (Å²) < 4.78 is 5.28. The van der Waals surface area contributed by atoms with E-state index in [1.807, 2.05) is 30.3 Å². The molecule has 6 heteroatoms. The van der Waals surface area contributed by atoms with Crippen molar-refractivity contribution in [2.45, 2.75) is 13.5 Å². The molecule has 1 saturated heterocycles. The van der Waals surface area contributed by atoms with Gasteiger partial charge in [-0.25, -0.2) is 4.79 Å². The molecule has 26 heavy (non-hydrogen) atoms. The van der Waals surface area contributed by atoms with Crippen LogP contribution in [0, 0.1) is 0 Å². The summed E-state index contributed by atoms with van der Waals surface area (Å²) in [5.41, 5.74) is 2.22. The lowest BCUT2D eigenvalue weighted by atomic mass is 10.1. The first kappa shape index (κ1) is 17.7. The molecular weight excluding hydrogens is 332 g/mol. The number of benzene rings is 2. The maximum atomic E-state index is 12.4. The van der Waals surface area contributed by atoms with Gasteiger partial charge in [0.05, 0.1) is 0 Å². The first-order valence-electron chi connectivity index (χ1n) is 8.41. The van der Waals surface area contributed by atoms with Gasteiger partial charge in [0.1, 0.15) is 13.2 Å². The van der Waals surface area contributed by atoms with Crippen molar-refractivity contribution in [2.75, 3.05) is 24.5 Å². The summed E-state index contributed by atoms with van der Waals surface area (Å²) in [5.74, 6) is -0.197. The number of anilines is 1. The molecule has 0 radical (unpaired) electrons. The number of Topliss-reactive ketones (excluding diaryl/α,β-unsaturated/α-hetero) is 1. The highest BCUT2D eigenvalue weighted by atomic mass is 16.6. The van der Waals surface area contributed by atoms with Gasteiger partial charge in [0.25, 0.3) is 0 Å². The molecule has 0 N–H and O–H groups in total. The number of carbonyl (C=O) groups is 3. The van der Waals surface area contributed by atoms with Crippen LogP contribution in [-0.4, -0.2) is 42.3 Å². The van der Waals surface area contributed by atoms with E-state index < -0.39 is 6.09 Å². The lowest BCUT2D eigenvalue weighted by Crippen LogP contribution is -2.52. The molecule has 6 nitrogen and oxygen atoms in total. The fourth-order valence-corrected chi connectivity index (χ4v) is 2.79. The number of amides is 2. The first-order valence-corrected chi connectivity index (χ1v) is 8.41. The average Bonchev–Trinajstić information content (AvgIpc) is 2.67. The standard InChI is InChI=1S/C20H20N2O4/c1-15(23)17-7-9-18(10-8-17)22-12-11-21(13-19(22)24)20(25)26-14-16-5-3-2-4-6-16/h2-10H,11-14H2,1H3. The van der Waals surface area contributed by atoms with E-state index in [-0.39, 0.29) is 24.8 Å². The highest BCUT2D eigenvalue weighted by Gasteiger charge is 2.28. The smallest absolute Gasteiger partial charge is 0.410 e. The van der Waals surface area contributed by atoms with Gasteiger partial charge in [-0.3, -0.25) is 14.5 Å². The Morgan fingerprint density at radius 3 is 2.31 bits per heavy atom. The molecule has 2 aromatic rings. The van der Waals surface area contributed by atoms with E-state index in [9.17, 15) is 14.4 Å². The topological polar surface area (TPSA) is 66.9 Å². The Bertz CT molecular complexity index is 802. The molecule has 0 bridgehead atoms. The molecular formula is C20H20N2O4. The van der Waals surface area contributed by atoms with Crippen LogP contribution < -0.4 is 4.90 Å². The average molecular weight is 352 g/mol. The second-order valence-electron chi connectivity index (χ2n) is 6.11. The minimum absolute atomic E-state index is 0.0196. The Balaban J connectivity index is 1.56. The third-order valence-electron chi connectivity index (χ3n) is 4.27. The van der Waals surface area contributed by atoms with E-state index in [0.717, 1.165) is 11.3 Å². The Hall–Kier alpha value is -3.15. The van der Waals surface area contributed by atoms with Crippen LogP contribution in [0.25, 0.3) is 0 Å². The molecule has 134 valence electrons. The molecule has 1 aliphatic rings. The van der Waals surface area contributed by atoms with Gasteiger partial charge in [-0.05, 0) is 36.8 Å². The van der Waals surface area contributed by atoms with Gasteiger partial charge in [-0.15, -0.1) is 0 Å². The van der Waals surface area contributed by atoms with Crippen molar-refractivity contribution >= 4 is 23.5 Å². The second-order valence-corrected chi connectivity index (χ2v) is 6.11. The van der Waals surface area contributed by atoms with Gasteiger partial charge in [0.2, 0.25) is 5.91 Å². The monoisotopic (exact) mass is 352 g/mol. The summed E-state index contributed by atoms with van der Waals surface area (Å²) in [6.45, 7) is 2.44. The maximum Gasteiger partial charge on any atom is 0.410 e. The minimum atomic E-state index is -0.492. The number of carbonyl (C=O) groups excluding carboxylic acids is 3. The van der Waals surface area contributed by atoms with E-state index in [1.54, 1.807) is 29.2 Å². The molecule has 0 saturated carbocycles. The van der Waals surface area contributed by atoms with Gasteiger partial charge in [-0.2, -0.15) is 0 Å². The number of hydrogen-bond donors (Lipinski definition) is 0. The van der Waals surface area contributed by atoms with Gasteiger partial charge >= 0.3 is 6.09 Å². The van der Waals surface area contributed by atoms with Crippen molar-refractivity contribution in [3.05, 3.63) is 65.7 Å². The van der Waals surface area contributed by atoms with Gasteiger partial charge in [0, 0.05) is 24.3 Å². The van der Waals surface area contributed by atoms with Crippen LogP contribution in [0.3, 0.4) is 0 Å². The Kier molecular flexibility index (Phi) is 5.31. The summed E-state index contributed by atoms with van der Waals surface area (Å²) in [6.07, 6.45) is -0.492. The fraction of sp³-hybridized carbons (Fsp3) is 0.250. The molecule has 0 atom stereocenters. The van der Waals surface area contributed by atoms with E-state index in [0.29, 0.717) is 18.7 Å². The summed E-state index contributed by atoms with van der Waals surface area (Å²) in [7, 11) is 0. The van der Waals surface area contributed by atoms with Crippen molar-refractivity contribution in [3.63, 3.8) is 0 Å². The molecule has 0 unspecified atom stereocenters. The van der Waals surface area contributed by atoms with Crippen molar-refractivity contribution in [3.8, 4) is 0 Å². The second kappa shape index (κ2) is 7.82. The van der Waals surface area contributed by atoms with Crippen molar-refractivity contribution in [2.24, 2.45) is 0 Å². The minimum Gasteiger partial charge on any atom is -0.445 e. The molecule has 1 aliphatic heterocycles. The molecule has 0 aliphatic carbocycles. The number of nitrogens with zero attached hydrogens (tertiary/aromatic N) is 2. The van der Waals surface area contributed by atoms with Crippen LogP contribution in [0.15, 0.2) is 54.6 Å². The zero-order valence-corrected chi connectivity index (χ0v) is 14.6. The van der Waals surface area contributed by atoms with Crippen LogP contribution in [0.5, 0.6) is 0 Å². The molecule has 0 aromatic heterocycles. The molecule has 1 heterocycles. The van der Waals surface area contributed by atoms with Crippen molar-refractivity contribution < 1.29 is 19.1 Å². The van der Waals surface area contributed by atoms with Crippen molar-refractivity contribution in [1.29, 1.82) is 0 Å². The Morgan fingerprint density at radius 1 is 1.00 bits per heavy atom. The Morgan fingerprint density at radius 2 is 1.69 bits per heavy atom. The maximum absolute atomic E-state index is 12.4. The predicted molar refractivity (Wildman–Crippen MR) is 97.0 cm³/mol. The van der Waals surface area contributed by atoms with E-state index >= 15 is 0 Å². The van der Waals surface area contributed by atoms with Crippen LogP contribution in [0.4, 0.5) is 10.5 Å². The summed E-state index contributed by atoms with van der Waals surface area (Å²) >= 11 is 0. The van der Waals surface area contributed by atoms with E-state index in [1.165, 1.54) is 11.8 Å². The highest BCUT2D eigenvalue weighted by Crippen LogP contribution is 2.19. The summed E-state index contributed by atoms with van der Waals surface area (Å²) in [4.78, 5) is 39.0. The van der Waals surface area contributed by atoms with Gasteiger partial charge < -0.3 is 9.64 Å². The van der Waals surface area contributed by atoms with E-state index in [4.69, 9.17) is 4.74 Å². The fourth-order valence-electron chi connectivity index (χ4n) is 2.79. The molecule has 2 aromatic carbocycles. The van der Waals surface area contributed by atoms with E-state index in [2.05, 4.69) is 0 Å². The first-order chi connectivity index (χ1) is 12.5. The SMILES string of the molecule is CC(=O)c1ccc(N2CCN(C(=O)OCc3ccccc3)CC2=O)cc1. The molecule has 3 rings (SSSR count). The third-order valence-corrected chi connectivity index (χ3v) is 4.27. The quantitative estimate of drug-likeness (QED) is 0.794. The lowest BCUT2D eigenvalue weighted by molar-refractivity contribution is -0.120. The molecule has 0 spiro atoms. The predicted octanol–water partition coefficient (Wildman–Crippen LogP) is 2.87. The van der Waals surface area contributed by atoms with Crippen LogP contribution >= 0.6 is 0 Å². The third kappa shape index (κ3) is 4.08. The molecule has 2 amide bonds. The number of ketones is 1. The zero-order valence-electron chi connectivity index (χ0n) is 14.6. The van der Waals surface area contributed by atoms with Crippen molar-refractivity contribution in [1.82, 2.24) is 4.90 Å².